The molecular weight excluding hydrogens is 320 g/mol. The van der Waals surface area contributed by atoms with Crippen molar-refractivity contribution in [3.05, 3.63) is 71.8 Å². The Kier molecular flexibility index (Phi) is 6.03. The van der Waals surface area contributed by atoms with Gasteiger partial charge in [-0.1, -0.05) is 60.7 Å². The highest BCUT2D eigenvalue weighted by Crippen LogP contribution is 2.31. The van der Waals surface area contributed by atoms with Gasteiger partial charge >= 0.3 is 0 Å². The summed E-state index contributed by atoms with van der Waals surface area (Å²) in [6, 6.07) is 20.4. The summed E-state index contributed by atoms with van der Waals surface area (Å²) in [5.74, 6) is 0.130. The molecule has 24 heavy (non-hydrogen) atoms. The highest BCUT2D eigenvalue weighted by molar-refractivity contribution is 5.85. The molecule has 4 heteroatoms. The standard InChI is InChI=1S/C20H24N2O.ClH/c1-20(16-8-4-2-5-9-16,17-10-6-3-7-11-17)22-19(23)15-12-13-18(21)14-15;/h2-11,15,18H,12-14,21H2,1H3,(H,22,23);1H. The minimum Gasteiger partial charge on any atom is -0.343 e. The second-order valence-electron chi connectivity index (χ2n) is 6.62. The topological polar surface area (TPSA) is 55.1 Å². The average Bonchev–Trinajstić information content (AvgIpc) is 3.03. The molecule has 0 spiro atoms. The monoisotopic (exact) mass is 344 g/mol. The fraction of sp³-hybridized carbons (Fsp3) is 0.350. The summed E-state index contributed by atoms with van der Waals surface area (Å²) in [4.78, 5) is 12.8. The van der Waals surface area contributed by atoms with Gasteiger partial charge in [0.25, 0.3) is 0 Å². The zero-order valence-corrected chi connectivity index (χ0v) is 14.8. The summed E-state index contributed by atoms with van der Waals surface area (Å²) >= 11 is 0. The van der Waals surface area contributed by atoms with Crippen LogP contribution in [0.15, 0.2) is 60.7 Å². The van der Waals surface area contributed by atoms with Crippen molar-refractivity contribution in [3.63, 3.8) is 0 Å². The third-order valence-corrected chi connectivity index (χ3v) is 4.92. The average molecular weight is 345 g/mol. The smallest absolute Gasteiger partial charge is 0.224 e. The Morgan fingerprint density at radius 2 is 1.50 bits per heavy atom. The van der Waals surface area contributed by atoms with Crippen LogP contribution in [0.25, 0.3) is 0 Å². The second-order valence-corrected chi connectivity index (χ2v) is 6.62. The van der Waals surface area contributed by atoms with Crippen molar-refractivity contribution in [2.75, 3.05) is 0 Å². The Hall–Kier alpha value is -1.84. The number of nitrogens with one attached hydrogen (secondary N) is 1. The van der Waals surface area contributed by atoms with Gasteiger partial charge in [-0.05, 0) is 37.3 Å². The number of rotatable bonds is 4. The largest absolute Gasteiger partial charge is 0.343 e. The maximum Gasteiger partial charge on any atom is 0.224 e. The van der Waals surface area contributed by atoms with Crippen molar-refractivity contribution in [2.45, 2.75) is 37.8 Å². The van der Waals surface area contributed by atoms with E-state index in [0.29, 0.717) is 0 Å². The molecule has 1 aliphatic rings. The van der Waals surface area contributed by atoms with Gasteiger partial charge in [0.15, 0.2) is 0 Å². The van der Waals surface area contributed by atoms with Gasteiger partial charge in [0.1, 0.15) is 0 Å². The maximum absolute atomic E-state index is 12.8. The van der Waals surface area contributed by atoms with E-state index in [4.69, 9.17) is 5.73 Å². The van der Waals surface area contributed by atoms with E-state index in [0.717, 1.165) is 30.4 Å². The first kappa shape index (κ1) is 18.5. The summed E-state index contributed by atoms with van der Waals surface area (Å²) in [6.07, 6.45) is 2.60. The predicted octanol–water partition coefficient (Wildman–Crippen LogP) is 3.62. The zero-order chi connectivity index (χ0) is 16.3. The van der Waals surface area contributed by atoms with Gasteiger partial charge in [-0.2, -0.15) is 0 Å². The number of amides is 1. The minimum atomic E-state index is -0.535. The van der Waals surface area contributed by atoms with E-state index in [2.05, 4.69) is 36.5 Å². The SMILES string of the molecule is CC(NC(=O)C1CCC(N)C1)(c1ccccc1)c1ccccc1.Cl. The van der Waals surface area contributed by atoms with Crippen LogP contribution in [-0.4, -0.2) is 11.9 Å². The fourth-order valence-corrected chi connectivity index (χ4v) is 3.46. The molecule has 0 aromatic heterocycles. The summed E-state index contributed by atoms with van der Waals surface area (Å²) in [7, 11) is 0. The Balaban J connectivity index is 0.00000208. The van der Waals surface area contributed by atoms with Gasteiger partial charge in [-0.3, -0.25) is 4.79 Å². The van der Waals surface area contributed by atoms with E-state index in [-0.39, 0.29) is 30.3 Å². The second kappa shape index (κ2) is 7.82. The third kappa shape index (κ3) is 3.80. The van der Waals surface area contributed by atoms with Gasteiger partial charge in [0.05, 0.1) is 5.54 Å². The number of benzene rings is 2. The van der Waals surface area contributed by atoms with E-state index in [1.165, 1.54) is 0 Å². The minimum absolute atomic E-state index is 0. The van der Waals surface area contributed by atoms with Crippen LogP contribution in [0.1, 0.15) is 37.3 Å². The molecule has 1 saturated carbocycles. The molecule has 3 nitrogen and oxygen atoms in total. The Morgan fingerprint density at radius 3 is 1.92 bits per heavy atom. The van der Waals surface area contributed by atoms with Gasteiger partial charge < -0.3 is 11.1 Å². The number of nitrogens with two attached hydrogens (primary N) is 1. The van der Waals surface area contributed by atoms with Crippen LogP contribution in [0.2, 0.25) is 0 Å². The van der Waals surface area contributed by atoms with Gasteiger partial charge in [-0.15, -0.1) is 12.4 Å². The predicted molar refractivity (Wildman–Crippen MR) is 100 cm³/mol. The van der Waals surface area contributed by atoms with E-state index >= 15 is 0 Å². The van der Waals surface area contributed by atoms with Gasteiger partial charge in [0.2, 0.25) is 5.91 Å². The summed E-state index contributed by atoms with van der Waals surface area (Å²) in [6.45, 7) is 2.07. The number of hydrogen-bond acceptors (Lipinski definition) is 2. The van der Waals surface area contributed by atoms with Crippen LogP contribution in [0, 0.1) is 5.92 Å². The van der Waals surface area contributed by atoms with Crippen LogP contribution >= 0.6 is 12.4 Å². The molecule has 1 aliphatic carbocycles. The Bertz CT molecular complexity index is 620. The van der Waals surface area contributed by atoms with Crippen molar-refractivity contribution in [3.8, 4) is 0 Å². The zero-order valence-electron chi connectivity index (χ0n) is 13.9. The van der Waals surface area contributed by atoms with Gasteiger partial charge in [0, 0.05) is 12.0 Å². The molecule has 0 aliphatic heterocycles. The highest BCUT2D eigenvalue weighted by Gasteiger charge is 2.35. The maximum atomic E-state index is 12.8. The van der Waals surface area contributed by atoms with Crippen molar-refractivity contribution < 1.29 is 4.79 Å². The number of carbonyl (C=O) groups is 1. The summed E-state index contributed by atoms with van der Waals surface area (Å²) < 4.78 is 0. The number of hydrogen-bond donors (Lipinski definition) is 2. The molecule has 3 N–H and O–H groups in total. The van der Waals surface area contributed by atoms with Crippen LogP contribution in [-0.2, 0) is 10.3 Å². The van der Waals surface area contributed by atoms with E-state index in [1.807, 2.05) is 36.4 Å². The molecule has 1 fully saturated rings. The van der Waals surface area contributed by atoms with Gasteiger partial charge in [-0.25, -0.2) is 0 Å². The lowest BCUT2D eigenvalue weighted by Gasteiger charge is -2.33. The molecule has 0 radical (unpaired) electrons. The van der Waals surface area contributed by atoms with Crippen molar-refractivity contribution in [2.24, 2.45) is 11.7 Å². The lowest BCUT2D eigenvalue weighted by molar-refractivity contribution is -0.126. The quantitative estimate of drug-likeness (QED) is 0.890. The van der Waals surface area contributed by atoms with E-state index < -0.39 is 5.54 Å². The molecule has 2 unspecified atom stereocenters. The Labute approximate surface area is 150 Å². The fourth-order valence-electron chi connectivity index (χ4n) is 3.46. The van der Waals surface area contributed by atoms with Crippen molar-refractivity contribution in [1.82, 2.24) is 5.32 Å². The number of halogens is 1. The van der Waals surface area contributed by atoms with E-state index in [9.17, 15) is 4.79 Å². The van der Waals surface area contributed by atoms with Crippen molar-refractivity contribution in [1.29, 1.82) is 0 Å². The molecular formula is C20H25ClN2O. The summed E-state index contributed by atoms with van der Waals surface area (Å²) in [5, 5.41) is 3.29. The first-order valence-corrected chi connectivity index (χ1v) is 8.28. The molecule has 3 rings (SSSR count). The molecule has 128 valence electrons. The molecule has 2 aromatic rings. The highest BCUT2D eigenvalue weighted by atomic mass is 35.5. The third-order valence-electron chi connectivity index (χ3n) is 4.92. The Morgan fingerprint density at radius 1 is 1.00 bits per heavy atom. The summed E-state index contributed by atoms with van der Waals surface area (Å²) in [5.41, 5.74) is 7.60. The molecule has 2 atom stereocenters. The van der Waals surface area contributed by atoms with E-state index in [1.54, 1.807) is 0 Å². The van der Waals surface area contributed by atoms with Crippen LogP contribution in [0.5, 0.6) is 0 Å². The normalized spacial score (nSPS) is 20.2. The van der Waals surface area contributed by atoms with Crippen molar-refractivity contribution >= 4 is 18.3 Å². The lowest BCUT2D eigenvalue weighted by Crippen LogP contribution is -2.46. The first-order valence-electron chi connectivity index (χ1n) is 8.28. The molecule has 0 heterocycles. The molecule has 2 aromatic carbocycles. The van der Waals surface area contributed by atoms with Crippen LogP contribution in [0.3, 0.4) is 0 Å². The van der Waals surface area contributed by atoms with Crippen LogP contribution < -0.4 is 11.1 Å². The van der Waals surface area contributed by atoms with Crippen LogP contribution in [0.4, 0.5) is 0 Å². The molecule has 1 amide bonds. The lowest BCUT2D eigenvalue weighted by atomic mass is 9.84. The molecule has 0 bridgehead atoms. The number of carbonyl (C=O) groups excluding carboxylic acids is 1. The first-order chi connectivity index (χ1) is 11.1. The molecule has 0 saturated heterocycles.